The van der Waals surface area contributed by atoms with Crippen LogP contribution in [0.15, 0.2) is 36.5 Å². The highest BCUT2D eigenvalue weighted by molar-refractivity contribution is 6.30. The molecule has 3 rings (SSSR count). The Hall–Kier alpha value is -1.65. The van der Waals surface area contributed by atoms with Crippen LogP contribution in [-0.4, -0.2) is 14.5 Å². The molecule has 0 aliphatic rings. The minimum absolute atomic E-state index is 0.0720. The van der Waals surface area contributed by atoms with E-state index >= 15 is 0 Å². The fraction of sp³-hybridized carbons (Fsp3) is 0.200. The monoisotopic (exact) mass is 323 g/mol. The standard InChI is InChI=1S/C15H12Cl2FN3/c1-15(2,17)14-20-12-4-3-7-19-13(12)21(14)9-5-6-10(16)11(18)8-9/h3-8H,1-2H3. The molecule has 0 spiro atoms. The molecule has 1 aromatic carbocycles. The summed E-state index contributed by atoms with van der Waals surface area (Å²) in [6, 6.07) is 8.22. The van der Waals surface area contributed by atoms with Crippen LogP contribution in [0.1, 0.15) is 19.7 Å². The van der Waals surface area contributed by atoms with E-state index in [0.29, 0.717) is 22.7 Å². The molecule has 0 atom stereocenters. The molecule has 0 bridgehead atoms. The van der Waals surface area contributed by atoms with Crippen LogP contribution in [0.3, 0.4) is 0 Å². The molecule has 0 saturated heterocycles. The van der Waals surface area contributed by atoms with Crippen molar-refractivity contribution in [3.05, 3.63) is 53.2 Å². The lowest BCUT2D eigenvalue weighted by Gasteiger charge is -2.18. The maximum atomic E-state index is 13.8. The highest BCUT2D eigenvalue weighted by atomic mass is 35.5. The van der Waals surface area contributed by atoms with E-state index in [1.807, 2.05) is 19.9 Å². The van der Waals surface area contributed by atoms with Crippen molar-refractivity contribution < 1.29 is 4.39 Å². The SMILES string of the molecule is CC(C)(Cl)c1nc2cccnc2n1-c1ccc(Cl)c(F)c1. The number of aromatic nitrogens is 3. The molecule has 3 aromatic rings. The summed E-state index contributed by atoms with van der Waals surface area (Å²) in [5.74, 6) is 0.102. The molecule has 0 fully saturated rings. The molecule has 0 aliphatic carbocycles. The van der Waals surface area contributed by atoms with E-state index in [2.05, 4.69) is 9.97 Å². The number of hydrogen-bond donors (Lipinski definition) is 0. The van der Waals surface area contributed by atoms with E-state index in [-0.39, 0.29) is 5.02 Å². The molecule has 21 heavy (non-hydrogen) atoms. The Bertz CT molecular complexity index is 821. The number of benzene rings is 1. The van der Waals surface area contributed by atoms with E-state index in [1.165, 1.54) is 12.1 Å². The van der Waals surface area contributed by atoms with Gasteiger partial charge in [0.2, 0.25) is 0 Å². The molecule has 6 heteroatoms. The van der Waals surface area contributed by atoms with Gasteiger partial charge in [0.25, 0.3) is 0 Å². The Morgan fingerprint density at radius 2 is 2.00 bits per heavy atom. The Balaban J connectivity index is 2.36. The van der Waals surface area contributed by atoms with Crippen molar-refractivity contribution >= 4 is 34.4 Å². The van der Waals surface area contributed by atoms with E-state index < -0.39 is 10.7 Å². The third kappa shape index (κ3) is 2.49. The van der Waals surface area contributed by atoms with Crippen molar-refractivity contribution in [1.29, 1.82) is 0 Å². The van der Waals surface area contributed by atoms with Crippen molar-refractivity contribution in [3.63, 3.8) is 0 Å². The molecule has 108 valence electrons. The quantitative estimate of drug-likeness (QED) is 0.641. The molecule has 2 aromatic heterocycles. The van der Waals surface area contributed by atoms with Crippen molar-refractivity contribution in [2.75, 3.05) is 0 Å². The lowest BCUT2D eigenvalue weighted by Crippen LogP contribution is -2.15. The van der Waals surface area contributed by atoms with Crippen molar-refractivity contribution in [2.24, 2.45) is 0 Å². The van der Waals surface area contributed by atoms with Crippen molar-refractivity contribution in [1.82, 2.24) is 14.5 Å². The summed E-state index contributed by atoms with van der Waals surface area (Å²) in [6.45, 7) is 3.66. The number of rotatable bonds is 2. The summed E-state index contributed by atoms with van der Waals surface area (Å²) >= 11 is 12.2. The first-order valence-corrected chi connectivity index (χ1v) is 7.12. The molecule has 0 radical (unpaired) electrons. The Labute approximate surface area is 131 Å². The maximum absolute atomic E-state index is 13.8. The first kappa shape index (κ1) is 14.3. The minimum atomic E-state index is -0.725. The summed E-state index contributed by atoms with van der Waals surface area (Å²) in [5, 5.41) is 0.0720. The number of halogens is 3. The molecule has 0 aliphatic heterocycles. The Morgan fingerprint density at radius 1 is 1.24 bits per heavy atom. The third-order valence-corrected chi connectivity index (χ3v) is 3.58. The van der Waals surface area contributed by atoms with Crippen LogP contribution in [0.5, 0.6) is 0 Å². The van der Waals surface area contributed by atoms with Gasteiger partial charge in [-0.2, -0.15) is 0 Å². The number of hydrogen-bond acceptors (Lipinski definition) is 2. The van der Waals surface area contributed by atoms with E-state index in [0.717, 1.165) is 0 Å². The lowest BCUT2D eigenvalue weighted by molar-refractivity contribution is 0.624. The lowest BCUT2D eigenvalue weighted by atomic mass is 10.2. The summed E-state index contributed by atoms with van der Waals surface area (Å²) in [5.41, 5.74) is 1.92. The van der Waals surface area contributed by atoms with Gasteiger partial charge in [-0.05, 0) is 44.2 Å². The van der Waals surface area contributed by atoms with Crippen LogP contribution in [-0.2, 0) is 4.87 Å². The van der Waals surface area contributed by atoms with Gasteiger partial charge < -0.3 is 0 Å². The van der Waals surface area contributed by atoms with Gasteiger partial charge in [-0.1, -0.05) is 11.6 Å². The van der Waals surface area contributed by atoms with Crippen molar-refractivity contribution in [3.8, 4) is 5.69 Å². The number of fused-ring (bicyclic) bond motifs is 1. The average Bonchev–Trinajstić information content (AvgIpc) is 2.81. The topological polar surface area (TPSA) is 30.7 Å². The average molecular weight is 324 g/mol. The molecule has 0 N–H and O–H groups in total. The molecule has 0 unspecified atom stereocenters. The predicted molar refractivity (Wildman–Crippen MR) is 82.7 cm³/mol. The number of imidazole rings is 1. The molecular formula is C15H12Cl2FN3. The number of nitrogens with zero attached hydrogens (tertiary/aromatic N) is 3. The zero-order chi connectivity index (χ0) is 15.2. The molecule has 0 amide bonds. The molecule has 0 saturated carbocycles. The van der Waals surface area contributed by atoms with Crippen LogP contribution >= 0.6 is 23.2 Å². The first-order chi connectivity index (χ1) is 9.88. The molecular weight excluding hydrogens is 312 g/mol. The van der Waals surface area contributed by atoms with Gasteiger partial charge >= 0.3 is 0 Å². The fourth-order valence-electron chi connectivity index (χ4n) is 2.18. The van der Waals surface area contributed by atoms with Gasteiger partial charge in [-0.15, -0.1) is 11.6 Å². The van der Waals surface area contributed by atoms with Crippen LogP contribution in [0, 0.1) is 5.82 Å². The van der Waals surface area contributed by atoms with E-state index in [9.17, 15) is 4.39 Å². The van der Waals surface area contributed by atoms with Crippen molar-refractivity contribution in [2.45, 2.75) is 18.7 Å². The van der Waals surface area contributed by atoms with Gasteiger partial charge in [0.05, 0.1) is 15.6 Å². The van der Waals surface area contributed by atoms with E-state index in [1.54, 1.807) is 22.9 Å². The van der Waals surface area contributed by atoms with Gasteiger partial charge in [0.15, 0.2) is 5.65 Å². The second-order valence-electron chi connectivity index (χ2n) is 5.19. The van der Waals surface area contributed by atoms with Gasteiger partial charge in [-0.25, -0.2) is 14.4 Å². The summed E-state index contributed by atoms with van der Waals surface area (Å²) in [7, 11) is 0. The zero-order valence-corrected chi connectivity index (χ0v) is 13.0. The zero-order valence-electron chi connectivity index (χ0n) is 11.4. The number of pyridine rings is 1. The Morgan fingerprint density at radius 3 is 2.67 bits per heavy atom. The van der Waals surface area contributed by atoms with E-state index in [4.69, 9.17) is 23.2 Å². The van der Waals surface area contributed by atoms with Crippen LogP contribution < -0.4 is 0 Å². The maximum Gasteiger partial charge on any atom is 0.164 e. The van der Waals surface area contributed by atoms with Crippen LogP contribution in [0.4, 0.5) is 4.39 Å². The highest BCUT2D eigenvalue weighted by Gasteiger charge is 2.26. The Kier molecular flexibility index (Phi) is 3.38. The largest absolute Gasteiger partial charge is 0.279 e. The van der Waals surface area contributed by atoms with Crippen LogP contribution in [0.2, 0.25) is 5.02 Å². The van der Waals surface area contributed by atoms with Crippen LogP contribution in [0.25, 0.3) is 16.9 Å². The number of alkyl halides is 1. The summed E-state index contributed by atoms with van der Waals surface area (Å²) < 4.78 is 15.5. The van der Waals surface area contributed by atoms with Gasteiger partial charge in [0, 0.05) is 6.20 Å². The fourth-order valence-corrected chi connectivity index (χ4v) is 2.42. The first-order valence-electron chi connectivity index (χ1n) is 6.36. The second-order valence-corrected chi connectivity index (χ2v) is 6.54. The third-order valence-electron chi connectivity index (χ3n) is 3.11. The summed E-state index contributed by atoms with van der Waals surface area (Å²) in [6.07, 6.45) is 1.66. The smallest absolute Gasteiger partial charge is 0.164 e. The normalized spacial score (nSPS) is 12.0. The van der Waals surface area contributed by atoms with Gasteiger partial charge in [-0.3, -0.25) is 4.57 Å². The molecule has 3 nitrogen and oxygen atoms in total. The highest BCUT2D eigenvalue weighted by Crippen LogP contribution is 2.32. The minimum Gasteiger partial charge on any atom is -0.279 e. The van der Waals surface area contributed by atoms with Gasteiger partial charge in [0.1, 0.15) is 17.2 Å². The second kappa shape index (κ2) is 4.97. The molecule has 2 heterocycles. The predicted octanol–water partition coefficient (Wildman–Crippen LogP) is 4.69. The summed E-state index contributed by atoms with van der Waals surface area (Å²) in [4.78, 5) is 8.13.